The van der Waals surface area contributed by atoms with Gasteiger partial charge < -0.3 is 15.3 Å². The Morgan fingerprint density at radius 1 is 0.346 bits per heavy atom. The van der Waals surface area contributed by atoms with E-state index in [4.69, 9.17) is 15.3 Å². The molecule has 3 aromatic carbocycles. The summed E-state index contributed by atoms with van der Waals surface area (Å²) in [6.07, 6.45) is 5.03. The van der Waals surface area contributed by atoms with Gasteiger partial charge in [-0.2, -0.15) is 0 Å². The zero-order valence-electron chi connectivity index (χ0n) is 26.7. The van der Waals surface area contributed by atoms with Gasteiger partial charge in [0.1, 0.15) is 17.1 Å². The van der Waals surface area contributed by atoms with Crippen LogP contribution in [0.1, 0.15) is 31.5 Å². The minimum absolute atomic E-state index is 0. The Balaban J connectivity index is 0.000000133. The van der Waals surface area contributed by atoms with Crippen LogP contribution in [0.2, 0.25) is 0 Å². The number of pyridine rings is 6. The van der Waals surface area contributed by atoms with Gasteiger partial charge in [0.2, 0.25) is 0 Å². The minimum atomic E-state index is -1.03. The van der Waals surface area contributed by atoms with Crippen LogP contribution in [0.5, 0.6) is 0 Å². The Morgan fingerprint density at radius 2 is 0.577 bits per heavy atom. The van der Waals surface area contributed by atoms with Crippen molar-refractivity contribution in [3.63, 3.8) is 0 Å². The summed E-state index contributed by atoms with van der Waals surface area (Å²) in [7, 11) is 0. The van der Waals surface area contributed by atoms with Crippen molar-refractivity contribution < 1.29 is 46.8 Å². The van der Waals surface area contributed by atoms with E-state index >= 15 is 0 Å². The van der Waals surface area contributed by atoms with E-state index in [0.717, 1.165) is 48.9 Å². The number of carboxylic acid groups (broad SMARTS) is 3. The Bertz CT molecular complexity index is 2530. The molecule has 0 saturated carbocycles. The van der Waals surface area contributed by atoms with Crippen LogP contribution in [-0.4, -0.2) is 63.1 Å². The predicted molar refractivity (Wildman–Crippen MR) is 192 cm³/mol. The molecule has 254 valence electrons. The van der Waals surface area contributed by atoms with Crippen LogP contribution in [-0.2, 0) is 17.1 Å². The van der Waals surface area contributed by atoms with Crippen LogP contribution in [0.4, 0.5) is 0 Å². The van der Waals surface area contributed by atoms with Gasteiger partial charge in [-0.05, 0) is 36.4 Å². The third-order valence-electron chi connectivity index (χ3n) is 7.95. The summed E-state index contributed by atoms with van der Waals surface area (Å²) in [6.45, 7) is 0. The molecular weight excluding hydrogens is 704 g/mol. The van der Waals surface area contributed by atoms with Gasteiger partial charge in [0.15, 0.2) is 0 Å². The minimum Gasteiger partial charge on any atom is -0.477 e. The summed E-state index contributed by atoms with van der Waals surface area (Å²) in [4.78, 5) is 57.9. The van der Waals surface area contributed by atoms with E-state index in [1.54, 1.807) is 36.8 Å². The van der Waals surface area contributed by atoms with Gasteiger partial charge in [0, 0.05) is 68.0 Å². The molecule has 0 aliphatic heterocycles. The summed E-state index contributed by atoms with van der Waals surface area (Å²) in [5.41, 5.74) is 4.19. The zero-order chi connectivity index (χ0) is 35.5. The maximum atomic E-state index is 10.9. The van der Waals surface area contributed by atoms with Crippen molar-refractivity contribution >= 4 is 83.3 Å². The standard InChI is InChI=1S/3C13H8N2O2.Fe/c3*16-13(17)10-6-5-9-4-3-8-2-1-7-14-11(8)12(9)15-10;/h3*1-7H,(H,16,17);. The van der Waals surface area contributed by atoms with Gasteiger partial charge in [0.25, 0.3) is 0 Å². The second-order valence-corrected chi connectivity index (χ2v) is 11.1. The second-order valence-electron chi connectivity index (χ2n) is 11.1. The van der Waals surface area contributed by atoms with Crippen LogP contribution >= 0.6 is 0 Å². The molecule has 0 radical (unpaired) electrons. The molecule has 9 aromatic rings. The number of fused-ring (bicyclic) bond motifs is 9. The molecule has 6 heterocycles. The molecule has 0 atom stereocenters. The summed E-state index contributed by atoms with van der Waals surface area (Å²) >= 11 is 0. The number of carbonyl (C=O) groups is 3. The fraction of sp³-hybridized carbons (Fsp3) is 0. The van der Waals surface area contributed by atoms with Crippen LogP contribution in [0.25, 0.3) is 65.4 Å². The molecule has 12 nitrogen and oxygen atoms in total. The molecule has 0 saturated heterocycles. The summed E-state index contributed by atoms with van der Waals surface area (Å²) in [6, 6.07) is 32.7. The van der Waals surface area contributed by atoms with Gasteiger partial charge in [-0.3, -0.25) is 15.0 Å². The van der Waals surface area contributed by atoms with Gasteiger partial charge in [-0.25, -0.2) is 29.3 Å². The first-order valence-electron chi connectivity index (χ1n) is 15.4. The third kappa shape index (κ3) is 7.03. The quantitative estimate of drug-likeness (QED) is 0.121. The smallest absolute Gasteiger partial charge is 0.354 e. The number of carboxylic acids is 3. The van der Waals surface area contributed by atoms with E-state index < -0.39 is 17.9 Å². The molecular formula is C39H24FeN6O6. The van der Waals surface area contributed by atoms with Crippen molar-refractivity contribution in [2.75, 3.05) is 0 Å². The Labute approximate surface area is 304 Å². The van der Waals surface area contributed by atoms with Gasteiger partial charge >= 0.3 is 17.9 Å². The molecule has 0 fully saturated rings. The second kappa shape index (κ2) is 14.9. The van der Waals surface area contributed by atoms with E-state index in [2.05, 4.69) is 29.9 Å². The molecule has 0 bridgehead atoms. The van der Waals surface area contributed by atoms with Crippen molar-refractivity contribution in [2.24, 2.45) is 0 Å². The topological polar surface area (TPSA) is 189 Å². The predicted octanol–water partition coefficient (Wildman–Crippen LogP) is 7.44. The van der Waals surface area contributed by atoms with Crippen LogP contribution in [0.15, 0.2) is 128 Å². The van der Waals surface area contributed by atoms with Crippen molar-refractivity contribution in [2.45, 2.75) is 0 Å². The first-order valence-corrected chi connectivity index (χ1v) is 15.4. The maximum absolute atomic E-state index is 10.9. The molecule has 0 aliphatic carbocycles. The molecule has 0 spiro atoms. The SMILES string of the molecule is O=C(O)c1ccc2ccc3cccnc3c2n1.O=C(O)c1ccc2ccc3cccnc3c2n1.O=C(O)c1ccc2ccc3cccnc3c2n1.[Fe]. The molecule has 0 aliphatic rings. The number of aromatic carboxylic acids is 3. The Kier molecular flexibility index (Phi) is 9.99. The summed E-state index contributed by atoms with van der Waals surface area (Å²) in [5, 5.41) is 32.3. The van der Waals surface area contributed by atoms with Crippen LogP contribution in [0, 0.1) is 0 Å². The van der Waals surface area contributed by atoms with E-state index in [1.165, 1.54) is 18.2 Å². The van der Waals surface area contributed by atoms with E-state index in [9.17, 15) is 14.4 Å². The van der Waals surface area contributed by atoms with Crippen molar-refractivity contribution in [3.8, 4) is 0 Å². The average molecular weight is 729 g/mol. The molecule has 13 heteroatoms. The van der Waals surface area contributed by atoms with E-state index in [-0.39, 0.29) is 34.2 Å². The summed E-state index contributed by atoms with van der Waals surface area (Å²) < 4.78 is 0. The number of aromatic nitrogens is 6. The largest absolute Gasteiger partial charge is 0.477 e. The first kappa shape index (κ1) is 34.9. The number of hydrogen-bond acceptors (Lipinski definition) is 9. The fourth-order valence-corrected chi connectivity index (χ4v) is 5.53. The number of rotatable bonds is 3. The van der Waals surface area contributed by atoms with Gasteiger partial charge in [-0.15, -0.1) is 0 Å². The van der Waals surface area contributed by atoms with Crippen molar-refractivity contribution in [1.82, 2.24) is 29.9 Å². The van der Waals surface area contributed by atoms with Crippen molar-refractivity contribution in [1.29, 1.82) is 0 Å². The normalized spacial score (nSPS) is 10.6. The molecule has 0 unspecified atom stereocenters. The molecule has 6 aromatic heterocycles. The first-order chi connectivity index (χ1) is 24.8. The van der Waals surface area contributed by atoms with E-state index in [1.807, 2.05) is 72.8 Å². The fourth-order valence-electron chi connectivity index (χ4n) is 5.53. The molecule has 52 heavy (non-hydrogen) atoms. The van der Waals surface area contributed by atoms with Gasteiger partial charge in [-0.1, -0.05) is 72.8 Å². The van der Waals surface area contributed by atoms with Gasteiger partial charge in [0.05, 0.1) is 33.1 Å². The number of hydrogen-bond donors (Lipinski definition) is 3. The number of benzene rings is 3. The van der Waals surface area contributed by atoms with Crippen LogP contribution < -0.4 is 0 Å². The van der Waals surface area contributed by atoms with Crippen molar-refractivity contribution in [3.05, 3.63) is 145 Å². The average Bonchev–Trinajstić information content (AvgIpc) is 3.17. The van der Waals surface area contributed by atoms with Crippen LogP contribution in [0.3, 0.4) is 0 Å². The zero-order valence-corrected chi connectivity index (χ0v) is 27.8. The monoisotopic (exact) mass is 728 g/mol. The maximum Gasteiger partial charge on any atom is 0.354 e. The summed E-state index contributed by atoms with van der Waals surface area (Å²) in [5.74, 6) is -3.08. The van der Waals surface area contributed by atoms with E-state index in [0.29, 0.717) is 16.6 Å². The molecule has 3 N–H and O–H groups in total. The number of nitrogens with zero attached hydrogens (tertiary/aromatic N) is 6. The third-order valence-corrected chi connectivity index (χ3v) is 7.95. The molecule has 9 rings (SSSR count). The Morgan fingerprint density at radius 3 is 0.827 bits per heavy atom. The molecule has 0 amide bonds. The Hall–Kier alpha value is -6.95.